The fourth-order valence-corrected chi connectivity index (χ4v) is 2.88. The lowest BCUT2D eigenvalue weighted by Gasteiger charge is -2.08. The Kier molecular flexibility index (Phi) is 7.69. The fourth-order valence-electron chi connectivity index (χ4n) is 2.13. The third-order valence-electron chi connectivity index (χ3n) is 3.43. The molecule has 2 aromatic rings. The number of carboxylic acid groups (broad SMARTS) is 1. The molecule has 8 heteroatoms. The number of hydrogen-bond acceptors (Lipinski definition) is 5. The van der Waals surface area contributed by atoms with Crippen molar-refractivity contribution in [2.24, 2.45) is 0 Å². The number of rotatable bonds is 9. The molecule has 2 amide bonds. The normalized spacial score (nSPS) is 10.1. The van der Waals surface area contributed by atoms with Crippen LogP contribution in [0.25, 0.3) is 0 Å². The summed E-state index contributed by atoms with van der Waals surface area (Å²) in [6.45, 7) is 0. The van der Waals surface area contributed by atoms with E-state index in [0.29, 0.717) is 17.1 Å². The lowest BCUT2D eigenvalue weighted by molar-refractivity contribution is -0.138. The monoisotopic (exact) mass is 388 g/mol. The van der Waals surface area contributed by atoms with Crippen LogP contribution in [0.15, 0.2) is 53.4 Å². The van der Waals surface area contributed by atoms with Gasteiger partial charge in [0.05, 0.1) is 19.3 Å². The third-order valence-corrected chi connectivity index (χ3v) is 4.42. The largest absolute Gasteiger partial charge is 0.497 e. The van der Waals surface area contributed by atoms with Crippen molar-refractivity contribution >= 4 is 40.9 Å². The summed E-state index contributed by atoms with van der Waals surface area (Å²) >= 11 is 1.33. The van der Waals surface area contributed by atoms with Crippen LogP contribution in [0, 0.1) is 0 Å². The molecule has 142 valence electrons. The van der Waals surface area contributed by atoms with Crippen molar-refractivity contribution in [2.75, 3.05) is 23.5 Å². The molecule has 27 heavy (non-hydrogen) atoms. The van der Waals surface area contributed by atoms with E-state index in [4.69, 9.17) is 9.84 Å². The highest BCUT2D eigenvalue weighted by atomic mass is 32.2. The molecular weight excluding hydrogens is 368 g/mol. The van der Waals surface area contributed by atoms with Crippen LogP contribution in [0.2, 0.25) is 0 Å². The average molecular weight is 388 g/mol. The molecule has 0 radical (unpaired) electrons. The van der Waals surface area contributed by atoms with Gasteiger partial charge < -0.3 is 20.5 Å². The second-order valence-electron chi connectivity index (χ2n) is 5.54. The maximum absolute atomic E-state index is 12.1. The number of anilines is 2. The maximum atomic E-state index is 12.1. The van der Waals surface area contributed by atoms with Gasteiger partial charge in [0.1, 0.15) is 5.75 Å². The highest BCUT2D eigenvalue weighted by molar-refractivity contribution is 8.00. The van der Waals surface area contributed by atoms with Crippen LogP contribution in [-0.2, 0) is 14.4 Å². The van der Waals surface area contributed by atoms with Crippen LogP contribution in [0.1, 0.15) is 12.8 Å². The number of thioether (sulfide) groups is 1. The van der Waals surface area contributed by atoms with E-state index in [0.717, 1.165) is 4.90 Å². The number of nitrogens with one attached hydrogen (secondary N) is 2. The Morgan fingerprint density at radius 2 is 1.67 bits per heavy atom. The van der Waals surface area contributed by atoms with E-state index in [2.05, 4.69) is 10.6 Å². The summed E-state index contributed by atoms with van der Waals surface area (Å²) in [5, 5.41) is 14.0. The van der Waals surface area contributed by atoms with Crippen molar-refractivity contribution in [2.45, 2.75) is 17.7 Å². The van der Waals surface area contributed by atoms with Crippen LogP contribution in [0.3, 0.4) is 0 Å². The lowest BCUT2D eigenvalue weighted by atomic mass is 10.2. The molecule has 0 atom stereocenters. The van der Waals surface area contributed by atoms with Crippen LogP contribution in [0.5, 0.6) is 5.75 Å². The van der Waals surface area contributed by atoms with Gasteiger partial charge in [-0.05, 0) is 42.5 Å². The second-order valence-corrected chi connectivity index (χ2v) is 6.58. The molecule has 0 heterocycles. The molecule has 0 unspecified atom stereocenters. The Bertz CT molecular complexity index is 808. The van der Waals surface area contributed by atoms with Crippen molar-refractivity contribution in [3.05, 3.63) is 48.5 Å². The van der Waals surface area contributed by atoms with Gasteiger partial charge in [0.15, 0.2) is 0 Å². The predicted octanol–water partition coefficient (Wildman–Crippen LogP) is 3.23. The third kappa shape index (κ3) is 7.41. The summed E-state index contributed by atoms with van der Waals surface area (Å²) in [5.41, 5.74) is 1.24. The number of methoxy groups -OCH3 is 1. The minimum absolute atomic E-state index is 0.0863. The Balaban J connectivity index is 1.83. The number of carbonyl (C=O) groups excluding carboxylic acids is 2. The molecule has 0 aliphatic heterocycles. The standard InChI is InChI=1S/C19H20N2O5S/c1-26-15-7-5-13(6-8-15)20-18(23)12-27-16-4-2-3-14(11-16)21-17(22)9-10-19(24)25/h2-8,11H,9-10,12H2,1H3,(H,20,23)(H,21,22)(H,24,25). The van der Waals surface area contributed by atoms with Crippen LogP contribution < -0.4 is 15.4 Å². The molecule has 0 aliphatic carbocycles. The number of amides is 2. The van der Waals surface area contributed by atoms with E-state index < -0.39 is 5.97 Å². The first-order valence-electron chi connectivity index (χ1n) is 8.14. The summed E-state index contributed by atoms with van der Waals surface area (Å²) in [4.78, 5) is 35.1. The first kappa shape index (κ1) is 20.3. The number of hydrogen-bond donors (Lipinski definition) is 3. The van der Waals surface area contributed by atoms with Gasteiger partial charge in [-0.3, -0.25) is 14.4 Å². The molecule has 3 N–H and O–H groups in total. The van der Waals surface area contributed by atoms with E-state index in [-0.39, 0.29) is 30.4 Å². The highest BCUT2D eigenvalue weighted by Crippen LogP contribution is 2.22. The minimum atomic E-state index is -1.02. The van der Waals surface area contributed by atoms with Crippen molar-refractivity contribution in [3.63, 3.8) is 0 Å². The Labute approximate surface area is 161 Å². The number of benzene rings is 2. The molecular formula is C19H20N2O5S. The summed E-state index contributed by atoms with van der Waals surface area (Å²) in [6, 6.07) is 14.1. The zero-order valence-corrected chi connectivity index (χ0v) is 15.5. The summed E-state index contributed by atoms with van der Waals surface area (Å²) in [7, 11) is 1.58. The maximum Gasteiger partial charge on any atom is 0.303 e. The highest BCUT2D eigenvalue weighted by Gasteiger charge is 2.08. The van der Waals surface area contributed by atoms with Crippen LogP contribution >= 0.6 is 11.8 Å². The van der Waals surface area contributed by atoms with Crippen LogP contribution in [-0.4, -0.2) is 35.8 Å². The number of ether oxygens (including phenoxy) is 1. The first-order chi connectivity index (χ1) is 13.0. The molecule has 0 aromatic heterocycles. The molecule has 0 saturated heterocycles. The Morgan fingerprint density at radius 1 is 0.963 bits per heavy atom. The molecule has 0 spiro atoms. The number of carboxylic acids is 1. The van der Waals surface area contributed by atoms with Gasteiger partial charge in [0.2, 0.25) is 11.8 Å². The van der Waals surface area contributed by atoms with E-state index in [9.17, 15) is 14.4 Å². The van der Waals surface area contributed by atoms with Crippen molar-refractivity contribution < 1.29 is 24.2 Å². The fraction of sp³-hybridized carbons (Fsp3) is 0.211. The minimum Gasteiger partial charge on any atom is -0.497 e. The van der Waals surface area contributed by atoms with E-state index >= 15 is 0 Å². The van der Waals surface area contributed by atoms with E-state index in [1.165, 1.54) is 11.8 Å². The summed E-state index contributed by atoms with van der Waals surface area (Å²) in [6.07, 6.45) is -0.303. The molecule has 2 rings (SSSR count). The zero-order chi connectivity index (χ0) is 19.6. The van der Waals surface area contributed by atoms with Gasteiger partial charge in [-0.15, -0.1) is 11.8 Å². The molecule has 0 aliphatic rings. The Morgan fingerprint density at radius 3 is 2.33 bits per heavy atom. The van der Waals surface area contributed by atoms with Gasteiger partial charge in [0.25, 0.3) is 0 Å². The summed E-state index contributed by atoms with van der Waals surface area (Å²) < 4.78 is 5.07. The van der Waals surface area contributed by atoms with Crippen molar-refractivity contribution in [3.8, 4) is 5.75 Å². The smallest absolute Gasteiger partial charge is 0.303 e. The topological polar surface area (TPSA) is 105 Å². The van der Waals surface area contributed by atoms with E-state index in [1.807, 2.05) is 6.07 Å². The second kappa shape index (κ2) is 10.2. The first-order valence-corrected chi connectivity index (χ1v) is 9.13. The van der Waals surface area contributed by atoms with Gasteiger partial charge >= 0.3 is 5.97 Å². The molecule has 0 bridgehead atoms. The molecule has 0 saturated carbocycles. The van der Waals surface area contributed by atoms with Gasteiger partial charge in [-0.2, -0.15) is 0 Å². The predicted molar refractivity (Wildman–Crippen MR) is 104 cm³/mol. The average Bonchev–Trinajstić information content (AvgIpc) is 2.66. The van der Waals surface area contributed by atoms with Gasteiger partial charge in [-0.1, -0.05) is 6.07 Å². The van der Waals surface area contributed by atoms with Crippen molar-refractivity contribution in [1.82, 2.24) is 0 Å². The zero-order valence-electron chi connectivity index (χ0n) is 14.7. The molecule has 7 nitrogen and oxygen atoms in total. The van der Waals surface area contributed by atoms with E-state index in [1.54, 1.807) is 49.6 Å². The number of carbonyl (C=O) groups is 3. The van der Waals surface area contributed by atoms with Crippen molar-refractivity contribution in [1.29, 1.82) is 0 Å². The SMILES string of the molecule is COc1ccc(NC(=O)CSc2cccc(NC(=O)CCC(=O)O)c2)cc1. The summed E-state index contributed by atoms with van der Waals surface area (Å²) in [5.74, 6) is -0.609. The Hall–Kier alpha value is -3.00. The van der Waals surface area contributed by atoms with Crippen LogP contribution in [0.4, 0.5) is 11.4 Å². The number of aliphatic carboxylic acids is 1. The molecule has 2 aromatic carbocycles. The molecule has 0 fully saturated rings. The lowest BCUT2D eigenvalue weighted by Crippen LogP contribution is -2.14. The van der Waals surface area contributed by atoms with Gasteiger partial charge in [0, 0.05) is 22.7 Å². The van der Waals surface area contributed by atoms with Gasteiger partial charge in [-0.25, -0.2) is 0 Å². The quantitative estimate of drug-likeness (QED) is 0.570.